The van der Waals surface area contributed by atoms with E-state index in [9.17, 15) is 15.5 Å². The average molecular weight is 289 g/mol. The summed E-state index contributed by atoms with van der Waals surface area (Å²) in [6.07, 6.45) is 1.02. The first-order valence-corrected chi connectivity index (χ1v) is 6.54. The highest BCUT2D eigenvalue weighted by atomic mass is 16.5. The van der Waals surface area contributed by atoms with Crippen LogP contribution in [0.25, 0.3) is 11.0 Å². The van der Waals surface area contributed by atoms with Gasteiger partial charge in [0.15, 0.2) is 6.23 Å². The summed E-state index contributed by atoms with van der Waals surface area (Å²) in [7, 11) is 0. The Kier molecular flexibility index (Phi) is 3.25. The summed E-state index contributed by atoms with van der Waals surface area (Å²) in [5, 5.41) is 29.3. The number of nitrogens with two attached hydrogens (primary N) is 1. The van der Waals surface area contributed by atoms with Crippen molar-refractivity contribution in [3.8, 4) is 6.07 Å². The number of nitrogens with zero attached hydrogens (tertiary/aromatic N) is 4. The van der Waals surface area contributed by atoms with Crippen molar-refractivity contribution in [1.82, 2.24) is 14.5 Å². The zero-order valence-electron chi connectivity index (χ0n) is 11.3. The third-order valence-corrected chi connectivity index (χ3v) is 3.90. The first kappa shape index (κ1) is 13.8. The van der Waals surface area contributed by atoms with Crippen LogP contribution in [0.1, 0.15) is 18.7 Å². The number of nitriles is 1. The second-order valence-corrected chi connectivity index (χ2v) is 5.12. The number of hydrogen-bond acceptors (Lipinski definition) is 7. The normalized spacial score (nSPS) is 28.9. The van der Waals surface area contributed by atoms with Gasteiger partial charge < -0.3 is 25.3 Å². The van der Waals surface area contributed by atoms with Gasteiger partial charge in [-0.2, -0.15) is 10.2 Å². The molecule has 1 fully saturated rings. The Balaban J connectivity index is 2.13. The van der Waals surface area contributed by atoms with Crippen molar-refractivity contribution in [3.63, 3.8) is 0 Å². The molecule has 21 heavy (non-hydrogen) atoms. The van der Waals surface area contributed by atoms with Crippen LogP contribution in [0.3, 0.4) is 0 Å². The molecular formula is C13H15N5O3. The third kappa shape index (κ3) is 2.03. The molecule has 1 unspecified atom stereocenters. The first-order valence-electron chi connectivity index (χ1n) is 6.54. The smallest absolute Gasteiger partial charge is 0.221 e. The SMILES string of the molecule is C[C@@H]1[C@@H](CO)OC(n2cc(C#N)c3cnc(N)nc32)[C@@H]1O. The van der Waals surface area contributed by atoms with E-state index in [0.29, 0.717) is 16.6 Å². The van der Waals surface area contributed by atoms with Crippen molar-refractivity contribution in [2.45, 2.75) is 25.4 Å². The van der Waals surface area contributed by atoms with Crippen LogP contribution in [-0.2, 0) is 4.74 Å². The maximum absolute atomic E-state index is 10.3. The fraction of sp³-hybridized carbons (Fsp3) is 0.462. The highest BCUT2D eigenvalue weighted by Crippen LogP contribution is 2.36. The number of aliphatic hydroxyl groups is 2. The summed E-state index contributed by atoms with van der Waals surface area (Å²) in [6.45, 7) is 1.61. The Morgan fingerprint density at radius 1 is 1.57 bits per heavy atom. The van der Waals surface area contributed by atoms with Crippen molar-refractivity contribution in [3.05, 3.63) is 18.0 Å². The van der Waals surface area contributed by atoms with E-state index in [0.717, 1.165) is 0 Å². The highest BCUT2D eigenvalue weighted by Gasteiger charge is 2.42. The van der Waals surface area contributed by atoms with Crippen LogP contribution < -0.4 is 5.73 Å². The van der Waals surface area contributed by atoms with Gasteiger partial charge in [-0.3, -0.25) is 0 Å². The summed E-state index contributed by atoms with van der Waals surface area (Å²) in [4.78, 5) is 8.00. The molecule has 0 saturated carbocycles. The van der Waals surface area contributed by atoms with Crippen molar-refractivity contribution < 1.29 is 14.9 Å². The Labute approximate surface area is 120 Å². The molecule has 8 heteroatoms. The fourth-order valence-corrected chi connectivity index (χ4v) is 2.63. The lowest BCUT2D eigenvalue weighted by atomic mass is 10.0. The second kappa shape index (κ2) is 4.96. The molecule has 8 nitrogen and oxygen atoms in total. The van der Waals surface area contributed by atoms with E-state index in [1.54, 1.807) is 17.7 Å². The Bertz CT molecular complexity index is 722. The number of nitrogen functional groups attached to an aromatic ring is 1. The Morgan fingerprint density at radius 2 is 2.33 bits per heavy atom. The van der Waals surface area contributed by atoms with Crippen LogP contribution in [-0.4, -0.2) is 43.6 Å². The van der Waals surface area contributed by atoms with Crippen molar-refractivity contribution >= 4 is 17.0 Å². The van der Waals surface area contributed by atoms with Gasteiger partial charge in [-0.1, -0.05) is 6.92 Å². The zero-order chi connectivity index (χ0) is 15.1. The molecule has 3 heterocycles. The number of rotatable bonds is 2. The summed E-state index contributed by atoms with van der Waals surface area (Å²) < 4.78 is 7.25. The second-order valence-electron chi connectivity index (χ2n) is 5.12. The van der Waals surface area contributed by atoms with Crippen LogP contribution in [0.15, 0.2) is 12.4 Å². The molecule has 3 rings (SSSR count). The first-order chi connectivity index (χ1) is 10.1. The number of aromatic nitrogens is 3. The molecule has 0 bridgehead atoms. The molecule has 4 atom stereocenters. The summed E-state index contributed by atoms with van der Waals surface area (Å²) in [5.41, 5.74) is 6.40. The lowest BCUT2D eigenvalue weighted by Crippen LogP contribution is -2.25. The largest absolute Gasteiger partial charge is 0.394 e. The number of fused-ring (bicyclic) bond motifs is 1. The molecule has 0 amide bonds. The monoisotopic (exact) mass is 289 g/mol. The predicted octanol–water partition coefficient (Wildman–Crippen LogP) is -0.228. The lowest BCUT2D eigenvalue weighted by Gasteiger charge is -2.17. The molecule has 2 aromatic rings. The molecule has 1 saturated heterocycles. The van der Waals surface area contributed by atoms with Crippen LogP contribution >= 0.6 is 0 Å². The number of aliphatic hydroxyl groups excluding tert-OH is 2. The van der Waals surface area contributed by atoms with E-state index in [2.05, 4.69) is 16.0 Å². The van der Waals surface area contributed by atoms with E-state index in [1.807, 2.05) is 0 Å². The minimum absolute atomic E-state index is 0.0746. The third-order valence-electron chi connectivity index (χ3n) is 3.90. The van der Waals surface area contributed by atoms with E-state index in [1.165, 1.54) is 6.20 Å². The van der Waals surface area contributed by atoms with Crippen molar-refractivity contribution in [2.24, 2.45) is 5.92 Å². The van der Waals surface area contributed by atoms with E-state index in [-0.39, 0.29) is 18.5 Å². The zero-order valence-corrected chi connectivity index (χ0v) is 11.3. The number of ether oxygens (including phenoxy) is 1. The van der Waals surface area contributed by atoms with Gasteiger partial charge in [0.25, 0.3) is 0 Å². The van der Waals surface area contributed by atoms with Gasteiger partial charge in [-0.05, 0) is 0 Å². The molecule has 2 aromatic heterocycles. The molecule has 1 aliphatic heterocycles. The van der Waals surface area contributed by atoms with Crippen LogP contribution in [0.4, 0.5) is 5.95 Å². The standard InChI is InChI=1S/C13H15N5O3/c1-6-9(5-19)21-12(10(6)20)18-4-7(2-14)8-3-16-13(15)17-11(8)18/h3-4,6,9-10,12,19-20H,5H2,1H3,(H2,15,16,17)/t6-,9-,10-,12?/m1/s1. The quantitative estimate of drug-likeness (QED) is 0.696. The number of anilines is 1. The van der Waals surface area contributed by atoms with Gasteiger partial charge in [0.1, 0.15) is 17.8 Å². The fourth-order valence-electron chi connectivity index (χ4n) is 2.63. The molecule has 110 valence electrons. The maximum Gasteiger partial charge on any atom is 0.221 e. The minimum Gasteiger partial charge on any atom is -0.394 e. The maximum atomic E-state index is 10.3. The molecule has 0 aromatic carbocycles. The van der Waals surface area contributed by atoms with Gasteiger partial charge in [-0.15, -0.1) is 0 Å². The molecule has 0 aliphatic carbocycles. The van der Waals surface area contributed by atoms with Crippen molar-refractivity contribution in [2.75, 3.05) is 12.3 Å². The van der Waals surface area contributed by atoms with Crippen LogP contribution in [0.5, 0.6) is 0 Å². The molecule has 0 spiro atoms. The highest BCUT2D eigenvalue weighted by molar-refractivity contribution is 5.83. The van der Waals surface area contributed by atoms with Gasteiger partial charge in [-0.25, -0.2) is 4.98 Å². The Hall–Kier alpha value is -2.21. The Morgan fingerprint density at radius 3 is 2.95 bits per heavy atom. The average Bonchev–Trinajstić information content (AvgIpc) is 2.97. The summed E-state index contributed by atoms with van der Waals surface area (Å²) in [5.74, 6) is -0.159. The van der Waals surface area contributed by atoms with Gasteiger partial charge in [0, 0.05) is 18.3 Å². The van der Waals surface area contributed by atoms with Crippen LogP contribution in [0, 0.1) is 17.2 Å². The van der Waals surface area contributed by atoms with Gasteiger partial charge >= 0.3 is 0 Å². The minimum atomic E-state index is -0.819. The van der Waals surface area contributed by atoms with Crippen LogP contribution in [0.2, 0.25) is 0 Å². The topological polar surface area (TPSA) is 130 Å². The van der Waals surface area contributed by atoms with E-state index >= 15 is 0 Å². The van der Waals surface area contributed by atoms with Gasteiger partial charge in [0.2, 0.25) is 5.95 Å². The molecular weight excluding hydrogens is 274 g/mol. The van der Waals surface area contributed by atoms with E-state index < -0.39 is 18.4 Å². The predicted molar refractivity (Wildman–Crippen MR) is 72.8 cm³/mol. The lowest BCUT2D eigenvalue weighted by molar-refractivity contribution is -0.0489. The summed E-state index contributed by atoms with van der Waals surface area (Å²) in [6, 6.07) is 2.06. The van der Waals surface area contributed by atoms with Crippen molar-refractivity contribution in [1.29, 1.82) is 5.26 Å². The van der Waals surface area contributed by atoms with Gasteiger partial charge in [0.05, 0.1) is 23.7 Å². The number of hydrogen-bond donors (Lipinski definition) is 3. The molecule has 1 aliphatic rings. The summed E-state index contributed by atoms with van der Waals surface area (Å²) >= 11 is 0. The molecule has 4 N–H and O–H groups in total. The molecule has 0 radical (unpaired) electrons. The van der Waals surface area contributed by atoms with E-state index in [4.69, 9.17) is 10.5 Å².